The lowest BCUT2D eigenvalue weighted by Gasteiger charge is -2.23. The van der Waals surface area contributed by atoms with Crippen LogP contribution in [0.4, 0.5) is 5.69 Å². The third-order valence-electron chi connectivity index (χ3n) is 4.07. The zero-order chi connectivity index (χ0) is 19.4. The molecule has 0 radical (unpaired) electrons. The fraction of sp³-hybridized carbons (Fsp3) is 0.0952. The second kappa shape index (κ2) is 7.94. The van der Waals surface area contributed by atoms with Crippen molar-refractivity contribution >= 4 is 33.0 Å². The summed E-state index contributed by atoms with van der Waals surface area (Å²) in [5.74, 6) is -0.299. The Morgan fingerprint density at radius 1 is 0.926 bits per heavy atom. The van der Waals surface area contributed by atoms with Gasteiger partial charge in [-0.2, -0.15) is 0 Å². The molecule has 0 fully saturated rings. The number of hydrogen-bond donors (Lipinski definition) is 0. The second-order valence-corrected chi connectivity index (χ2v) is 8.52. The lowest BCUT2D eigenvalue weighted by molar-refractivity contribution is 0.0985. The molecule has 0 saturated carbocycles. The smallest absolute Gasteiger partial charge is 0.258 e. The third-order valence-corrected chi connectivity index (χ3v) is 5.65. The molecule has 0 N–H and O–H groups in total. The number of rotatable bonds is 5. The van der Waals surface area contributed by atoms with E-state index in [0.29, 0.717) is 6.54 Å². The van der Waals surface area contributed by atoms with E-state index in [1.54, 1.807) is 11.0 Å². The van der Waals surface area contributed by atoms with Gasteiger partial charge in [-0.05, 0) is 35.9 Å². The topological polar surface area (TPSA) is 54.5 Å². The Hall–Kier alpha value is -2.63. The van der Waals surface area contributed by atoms with Crippen LogP contribution < -0.4 is 4.90 Å². The van der Waals surface area contributed by atoms with Gasteiger partial charge in [-0.25, -0.2) is 8.42 Å². The molecule has 0 atom stereocenters. The van der Waals surface area contributed by atoms with Crippen LogP contribution in [0.15, 0.2) is 83.8 Å². The predicted octanol–water partition coefficient (Wildman–Crippen LogP) is 4.59. The van der Waals surface area contributed by atoms with E-state index in [1.807, 2.05) is 60.7 Å². The van der Waals surface area contributed by atoms with Crippen molar-refractivity contribution in [2.75, 3.05) is 11.2 Å². The maximum Gasteiger partial charge on any atom is 0.258 e. The van der Waals surface area contributed by atoms with Crippen molar-refractivity contribution in [1.82, 2.24) is 0 Å². The minimum absolute atomic E-state index is 0.0530. The van der Waals surface area contributed by atoms with E-state index in [1.165, 1.54) is 12.1 Å². The lowest BCUT2D eigenvalue weighted by atomic mass is 10.1. The van der Waals surface area contributed by atoms with Gasteiger partial charge in [0.25, 0.3) is 5.91 Å². The fourth-order valence-electron chi connectivity index (χ4n) is 2.73. The molecule has 27 heavy (non-hydrogen) atoms. The van der Waals surface area contributed by atoms with Gasteiger partial charge in [-0.3, -0.25) is 4.79 Å². The van der Waals surface area contributed by atoms with Crippen LogP contribution in [0.3, 0.4) is 0 Å². The van der Waals surface area contributed by atoms with Gasteiger partial charge < -0.3 is 4.90 Å². The molecule has 0 aliphatic rings. The average Bonchev–Trinajstić information content (AvgIpc) is 2.66. The minimum Gasteiger partial charge on any atom is -0.304 e. The Balaban J connectivity index is 2.03. The summed E-state index contributed by atoms with van der Waals surface area (Å²) in [5.41, 5.74) is 1.95. The number of hydrogen-bond acceptors (Lipinski definition) is 3. The van der Waals surface area contributed by atoms with E-state index in [-0.39, 0.29) is 21.4 Å². The van der Waals surface area contributed by atoms with E-state index < -0.39 is 9.84 Å². The van der Waals surface area contributed by atoms with Crippen LogP contribution in [0.1, 0.15) is 15.9 Å². The summed E-state index contributed by atoms with van der Waals surface area (Å²) in [7, 11) is -3.54. The van der Waals surface area contributed by atoms with Gasteiger partial charge in [0, 0.05) is 17.5 Å². The zero-order valence-corrected chi connectivity index (χ0v) is 16.2. The van der Waals surface area contributed by atoms with Crippen LogP contribution >= 0.6 is 11.6 Å². The van der Waals surface area contributed by atoms with Crippen LogP contribution in [0, 0.1) is 0 Å². The molecule has 3 aromatic rings. The number of sulfone groups is 1. The first-order valence-electron chi connectivity index (χ1n) is 8.27. The average molecular weight is 400 g/mol. The summed E-state index contributed by atoms with van der Waals surface area (Å²) in [6.45, 7) is 0.362. The number of nitrogens with zero attached hydrogens (tertiary/aromatic N) is 1. The van der Waals surface area contributed by atoms with Gasteiger partial charge in [0.05, 0.1) is 16.5 Å². The van der Waals surface area contributed by atoms with Crippen LogP contribution in [-0.4, -0.2) is 20.6 Å². The van der Waals surface area contributed by atoms with Crippen molar-refractivity contribution in [1.29, 1.82) is 0 Å². The standard InChI is InChI=1S/C21H18ClNO3S/c1-27(25,26)20-14-17(12-13-19(20)22)21(24)23(18-10-6-3-7-11-18)15-16-8-4-2-5-9-16/h2-14H,15H2,1H3. The molecule has 138 valence electrons. The number of amides is 1. The van der Waals surface area contributed by atoms with E-state index in [2.05, 4.69) is 0 Å². The van der Waals surface area contributed by atoms with Crippen LogP contribution in [-0.2, 0) is 16.4 Å². The molecule has 0 aromatic heterocycles. The molecule has 0 heterocycles. The van der Waals surface area contributed by atoms with Crippen LogP contribution in [0.5, 0.6) is 0 Å². The van der Waals surface area contributed by atoms with Crippen LogP contribution in [0.2, 0.25) is 5.02 Å². The van der Waals surface area contributed by atoms with Gasteiger partial charge >= 0.3 is 0 Å². The third kappa shape index (κ3) is 4.56. The summed E-state index contributed by atoms with van der Waals surface area (Å²) in [4.78, 5) is 14.8. The molecule has 0 unspecified atom stereocenters. The van der Waals surface area contributed by atoms with Gasteiger partial charge in [0.2, 0.25) is 0 Å². The molecule has 0 aliphatic carbocycles. The normalized spacial score (nSPS) is 11.2. The first-order chi connectivity index (χ1) is 12.9. The molecule has 0 spiro atoms. The van der Waals surface area contributed by atoms with Crippen molar-refractivity contribution in [2.24, 2.45) is 0 Å². The van der Waals surface area contributed by atoms with E-state index in [0.717, 1.165) is 17.5 Å². The maximum atomic E-state index is 13.2. The fourth-order valence-corrected chi connectivity index (χ4v) is 4.03. The summed E-state index contributed by atoms with van der Waals surface area (Å²) >= 11 is 6.01. The van der Waals surface area contributed by atoms with Crippen molar-refractivity contribution in [3.05, 3.63) is 95.0 Å². The summed E-state index contributed by atoms with van der Waals surface area (Å²) < 4.78 is 23.9. The highest BCUT2D eigenvalue weighted by Gasteiger charge is 2.21. The van der Waals surface area contributed by atoms with Gasteiger partial charge in [-0.1, -0.05) is 60.1 Å². The molecule has 1 amide bonds. The first-order valence-corrected chi connectivity index (χ1v) is 10.5. The Morgan fingerprint density at radius 3 is 2.11 bits per heavy atom. The highest BCUT2D eigenvalue weighted by atomic mass is 35.5. The Kier molecular flexibility index (Phi) is 5.63. The Labute approximate surface area is 163 Å². The predicted molar refractivity (Wildman–Crippen MR) is 108 cm³/mol. The van der Waals surface area contributed by atoms with E-state index in [9.17, 15) is 13.2 Å². The van der Waals surface area contributed by atoms with Crippen molar-refractivity contribution in [3.63, 3.8) is 0 Å². The number of benzene rings is 3. The Morgan fingerprint density at radius 2 is 1.52 bits per heavy atom. The molecular weight excluding hydrogens is 382 g/mol. The molecule has 0 bridgehead atoms. The number of halogens is 1. The molecule has 0 aliphatic heterocycles. The van der Waals surface area contributed by atoms with Gasteiger partial charge in [0.15, 0.2) is 9.84 Å². The highest BCUT2D eigenvalue weighted by Crippen LogP contribution is 2.25. The van der Waals surface area contributed by atoms with Gasteiger partial charge in [0.1, 0.15) is 0 Å². The molecule has 3 aromatic carbocycles. The van der Waals surface area contributed by atoms with Crippen molar-refractivity contribution in [3.8, 4) is 0 Å². The van der Waals surface area contributed by atoms with Crippen molar-refractivity contribution in [2.45, 2.75) is 11.4 Å². The molecule has 3 rings (SSSR count). The van der Waals surface area contributed by atoms with E-state index in [4.69, 9.17) is 11.6 Å². The monoisotopic (exact) mass is 399 g/mol. The number of carbonyl (C=O) groups excluding carboxylic acids is 1. The number of para-hydroxylation sites is 1. The van der Waals surface area contributed by atoms with Crippen molar-refractivity contribution < 1.29 is 13.2 Å². The minimum atomic E-state index is -3.54. The Bertz CT molecular complexity index is 1050. The molecule has 6 heteroatoms. The SMILES string of the molecule is CS(=O)(=O)c1cc(C(=O)N(Cc2ccccc2)c2ccccc2)ccc1Cl. The number of anilines is 1. The quantitative estimate of drug-likeness (QED) is 0.630. The molecular formula is C21H18ClNO3S. The summed E-state index contributed by atoms with van der Waals surface area (Å²) in [6.07, 6.45) is 1.07. The first kappa shape index (κ1) is 19.1. The van der Waals surface area contributed by atoms with Gasteiger partial charge in [-0.15, -0.1) is 0 Å². The van der Waals surface area contributed by atoms with Crippen LogP contribution in [0.25, 0.3) is 0 Å². The molecule has 0 saturated heterocycles. The summed E-state index contributed by atoms with van der Waals surface area (Å²) in [6, 6.07) is 23.2. The number of carbonyl (C=O) groups is 1. The summed E-state index contributed by atoms with van der Waals surface area (Å²) in [5, 5.41) is 0.100. The van der Waals surface area contributed by atoms with E-state index >= 15 is 0 Å². The molecule has 4 nitrogen and oxygen atoms in total. The highest BCUT2D eigenvalue weighted by molar-refractivity contribution is 7.90. The largest absolute Gasteiger partial charge is 0.304 e. The lowest BCUT2D eigenvalue weighted by Crippen LogP contribution is -2.30. The second-order valence-electron chi connectivity index (χ2n) is 6.13. The maximum absolute atomic E-state index is 13.2. The zero-order valence-electron chi connectivity index (χ0n) is 14.7.